The van der Waals surface area contributed by atoms with Gasteiger partial charge in [0.15, 0.2) is 0 Å². The number of alkyl halides is 1. The van der Waals surface area contributed by atoms with Crippen LogP contribution in [-0.2, 0) is 17.2 Å². The van der Waals surface area contributed by atoms with Gasteiger partial charge in [-0.25, -0.2) is 9.37 Å². The summed E-state index contributed by atoms with van der Waals surface area (Å²) in [5.74, 6) is 0.144. The summed E-state index contributed by atoms with van der Waals surface area (Å²) in [7, 11) is 0. The van der Waals surface area contributed by atoms with E-state index in [1.54, 1.807) is 10.6 Å². The van der Waals surface area contributed by atoms with E-state index in [0.29, 0.717) is 21.3 Å². The maximum Gasteiger partial charge on any atom is 0.240 e. The predicted octanol–water partition coefficient (Wildman–Crippen LogP) is 3.59. The zero-order valence-corrected chi connectivity index (χ0v) is 14.3. The zero-order chi connectivity index (χ0) is 15.8. The number of imidazole rings is 1. The molecule has 0 fully saturated rings. The summed E-state index contributed by atoms with van der Waals surface area (Å²) in [6.45, 7) is 5.82. The number of carbonyl (C=O) groups excluding carboxylic acids is 1. The fraction of sp³-hybridized carbons (Fsp3) is 0.429. The van der Waals surface area contributed by atoms with Gasteiger partial charge in [-0.2, -0.15) is 0 Å². The first-order chi connectivity index (χ1) is 9.71. The van der Waals surface area contributed by atoms with Gasteiger partial charge in [-0.15, -0.1) is 11.6 Å². The van der Waals surface area contributed by atoms with E-state index in [-0.39, 0.29) is 23.9 Å². The van der Waals surface area contributed by atoms with Crippen molar-refractivity contribution in [2.24, 2.45) is 0 Å². The number of amides is 1. The molecule has 2 aromatic rings. The molecule has 1 N–H and O–H groups in total. The van der Waals surface area contributed by atoms with Crippen LogP contribution in [0.3, 0.4) is 0 Å². The van der Waals surface area contributed by atoms with Gasteiger partial charge in [-0.3, -0.25) is 4.79 Å². The molecule has 0 unspecified atom stereocenters. The van der Waals surface area contributed by atoms with E-state index in [1.807, 2.05) is 20.8 Å². The van der Waals surface area contributed by atoms with Gasteiger partial charge >= 0.3 is 0 Å². The Labute approximate surface area is 135 Å². The van der Waals surface area contributed by atoms with Crippen molar-refractivity contribution in [3.63, 3.8) is 0 Å². The van der Waals surface area contributed by atoms with E-state index in [1.165, 1.54) is 6.07 Å². The number of halogens is 3. The molecule has 0 bridgehead atoms. The summed E-state index contributed by atoms with van der Waals surface area (Å²) in [4.78, 5) is 16.4. The lowest BCUT2D eigenvalue weighted by molar-refractivity contribution is -0.123. The number of hydrogen-bond donors (Lipinski definition) is 1. The monoisotopic (exact) mass is 375 g/mol. The number of benzene rings is 1. The highest BCUT2D eigenvalue weighted by Gasteiger charge is 2.18. The second-order valence-electron chi connectivity index (χ2n) is 5.80. The van der Waals surface area contributed by atoms with Crippen molar-refractivity contribution >= 4 is 44.5 Å². The van der Waals surface area contributed by atoms with E-state index in [2.05, 4.69) is 26.2 Å². The van der Waals surface area contributed by atoms with Gasteiger partial charge in [-0.1, -0.05) is 0 Å². The summed E-state index contributed by atoms with van der Waals surface area (Å²) >= 11 is 9.03. The largest absolute Gasteiger partial charge is 0.350 e. The van der Waals surface area contributed by atoms with E-state index in [9.17, 15) is 9.18 Å². The number of fused-ring (bicyclic) bond motifs is 1. The number of hydrogen-bond acceptors (Lipinski definition) is 2. The third-order valence-corrected chi connectivity index (χ3v) is 3.65. The summed E-state index contributed by atoms with van der Waals surface area (Å²) in [5, 5.41) is 2.88. The molecule has 1 heterocycles. The van der Waals surface area contributed by atoms with Crippen LogP contribution >= 0.6 is 27.5 Å². The van der Waals surface area contributed by atoms with Crippen molar-refractivity contribution in [3.05, 3.63) is 28.2 Å². The summed E-state index contributed by atoms with van der Waals surface area (Å²) in [6, 6.07) is 2.94. The molecule has 0 aliphatic carbocycles. The first kappa shape index (κ1) is 16.2. The van der Waals surface area contributed by atoms with Crippen LogP contribution in [0, 0.1) is 5.82 Å². The fourth-order valence-corrected chi connectivity index (χ4v) is 2.59. The normalized spacial score (nSPS) is 11.9. The number of rotatable bonds is 3. The number of nitrogens with zero attached hydrogens (tertiary/aromatic N) is 2. The molecule has 1 aromatic carbocycles. The summed E-state index contributed by atoms with van der Waals surface area (Å²) in [5.41, 5.74) is 0.833. The molecule has 7 heteroatoms. The van der Waals surface area contributed by atoms with E-state index in [0.717, 1.165) is 0 Å². The first-order valence-electron chi connectivity index (χ1n) is 6.42. The zero-order valence-electron chi connectivity index (χ0n) is 12.0. The Bertz CT molecular complexity index is 694. The third kappa shape index (κ3) is 3.74. The van der Waals surface area contributed by atoms with Crippen LogP contribution in [0.2, 0.25) is 0 Å². The molecule has 2 rings (SSSR count). The average molecular weight is 377 g/mol. The molecule has 0 aliphatic heterocycles. The molecule has 0 radical (unpaired) electrons. The van der Waals surface area contributed by atoms with Crippen LogP contribution in [0.15, 0.2) is 16.6 Å². The van der Waals surface area contributed by atoms with Crippen LogP contribution in [0.1, 0.15) is 26.6 Å². The smallest absolute Gasteiger partial charge is 0.240 e. The van der Waals surface area contributed by atoms with E-state index in [4.69, 9.17) is 11.6 Å². The molecule has 0 aliphatic rings. The van der Waals surface area contributed by atoms with Gasteiger partial charge in [0.1, 0.15) is 18.2 Å². The minimum absolute atomic E-state index is 0.0912. The molecule has 0 spiro atoms. The SMILES string of the molecule is CC(C)(C)NC(=O)Cn1c(CCl)nc2cc(F)c(Br)cc21. The highest BCUT2D eigenvalue weighted by Crippen LogP contribution is 2.25. The molecular weight excluding hydrogens is 361 g/mol. The van der Waals surface area contributed by atoms with Crippen LogP contribution in [-0.4, -0.2) is 21.0 Å². The Morgan fingerprint density at radius 1 is 1.48 bits per heavy atom. The van der Waals surface area contributed by atoms with Gasteiger partial charge in [0.25, 0.3) is 0 Å². The van der Waals surface area contributed by atoms with Crippen molar-refractivity contribution in [2.45, 2.75) is 38.7 Å². The van der Waals surface area contributed by atoms with E-state index < -0.39 is 5.82 Å². The molecular formula is C14H16BrClFN3O. The summed E-state index contributed by atoms with van der Waals surface area (Å²) < 4.78 is 15.6. The Hall–Kier alpha value is -1.14. The molecule has 0 atom stereocenters. The highest BCUT2D eigenvalue weighted by atomic mass is 79.9. The lowest BCUT2D eigenvalue weighted by atomic mass is 10.1. The van der Waals surface area contributed by atoms with Gasteiger partial charge in [0, 0.05) is 11.6 Å². The van der Waals surface area contributed by atoms with Crippen molar-refractivity contribution < 1.29 is 9.18 Å². The van der Waals surface area contributed by atoms with Crippen LogP contribution in [0.25, 0.3) is 11.0 Å². The Balaban J connectivity index is 2.42. The van der Waals surface area contributed by atoms with Crippen LogP contribution in [0.4, 0.5) is 4.39 Å². The predicted molar refractivity (Wildman–Crippen MR) is 84.8 cm³/mol. The Morgan fingerprint density at radius 3 is 2.71 bits per heavy atom. The molecule has 114 valence electrons. The van der Waals surface area contributed by atoms with Gasteiger partial charge < -0.3 is 9.88 Å². The molecule has 1 amide bonds. The maximum absolute atomic E-state index is 13.6. The van der Waals surface area contributed by atoms with Crippen LogP contribution in [0.5, 0.6) is 0 Å². The van der Waals surface area contributed by atoms with Crippen LogP contribution < -0.4 is 5.32 Å². The van der Waals surface area contributed by atoms with Crippen molar-refractivity contribution in [1.29, 1.82) is 0 Å². The lowest BCUT2D eigenvalue weighted by Crippen LogP contribution is -2.42. The van der Waals surface area contributed by atoms with Crippen molar-refractivity contribution in [2.75, 3.05) is 0 Å². The lowest BCUT2D eigenvalue weighted by Gasteiger charge is -2.21. The first-order valence-corrected chi connectivity index (χ1v) is 7.75. The minimum atomic E-state index is -0.396. The topological polar surface area (TPSA) is 46.9 Å². The second-order valence-corrected chi connectivity index (χ2v) is 6.92. The fourth-order valence-electron chi connectivity index (χ4n) is 2.05. The van der Waals surface area contributed by atoms with Crippen molar-refractivity contribution in [3.8, 4) is 0 Å². The second kappa shape index (κ2) is 5.93. The van der Waals surface area contributed by atoms with Gasteiger partial charge in [-0.05, 0) is 42.8 Å². The third-order valence-electron chi connectivity index (χ3n) is 2.81. The number of aromatic nitrogens is 2. The van der Waals surface area contributed by atoms with Gasteiger partial charge in [0.05, 0.1) is 21.4 Å². The number of carbonyl (C=O) groups is 1. The quantitative estimate of drug-likeness (QED) is 0.832. The Morgan fingerprint density at radius 2 is 2.14 bits per heavy atom. The molecule has 21 heavy (non-hydrogen) atoms. The standard InChI is InChI=1S/C14H16BrClFN3O/c1-14(2,3)19-13(21)7-20-11-4-8(15)9(17)5-10(11)18-12(20)6-16/h4-5H,6-7H2,1-3H3,(H,19,21). The molecule has 0 saturated heterocycles. The minimum Gasteiger partial charge on any atom is -0.350 e. The molecule has 0 saturated carbocycles. The summed E-state index contributed by atoms with van der Waals surface area (Å²) in [6.07, 6.45) is 0. The van der Waals surface area contributed by atoms with Crippen molar-refractivity contribution in [1.82, 2.24) is 14.9 Å². The maximum atomic E-state index is 13.6. The number of nitrogens with one attached hydrogen (secondary N) is 1. The average Bonchev–Trinajstić information content (AvgIpc) is 2.65. The van der Waals surface area contributed by atoms with E-state index >= 15 is 0 Å². The molecule has 1 aromatic heterocycles. The highest BCUT2D eigenvalue weighted by molar-refractivity contribution is 9.10. The molecule has 4 nitrogen and oxygen atoms in total. The Kier molecular flexibility index (Phi) is 4.58. The van der Waals surface area contributed by atoms with Gasteiger partial charge in [0.2, 0.25) is 5.91 Å².